The summed E-state index contributed by atoms with van der Waals surface area (Å²) in [4.78, 5) is 18.3. The molecular weight excluding hydrogens is 366 g/mol. The van der Waals surface area contributed by atoms with Gasteiger partial charge in [-0.05, 0) is 23.8 Å². The topological polar surface area (TPSA) is 74.1 Å². The minimum Gasteiger partial charge on any atom is -0.345 e. The van der Waals surface area contributed by atoms with Crippen LogP contribution in [0.25, 0.3) is 5.69 Å². The van der Waals surface area contributed by atoms with Crippen molar-refractivity contribution in [2.24, 2.45) is 5.41 Å². The van der Waals surface area contributed by atoms with Gasteiger partial charge in [-0.1, -0.05) is 11.6 Å². The first-order chi connectivity index (χ1) is 13.0. The van der Waals surface area contributed by atoms with Crippen LogP contribution in [0.15, 0.2) is 18.2 Å². The number of hydrogen-bond acceptors (Lipinski definition) is 4. The van der Waals surface area contributed by atoms with E-state index in [0.717, 1.165) is 36.1 Å². The second kappa shape index (κ2) is 5.84. The highest BCUT2D eigenvalue weighted by Crippen LogP contribution is 2.37. The molecule has 2 fully saturated rings. The van der Waals surface area contributed by atoms with E-state index < -0.39 is 0 Å². The number of anilines is 1. The molecule has 2 amide bonds. The van der Waals surface area contributed by atoms with Crippen molar-refractivity contribution in [3.05, 3.63) is 34.6 Å². The summed E-state index contributed by atoms with van der Waals surface area (Å²) in [5.41, 5.74) is 2.46. The fourth-order valence-corrected chi connectivity index (χ4v) is 4.52. The van der Waals surface area contributed by atoms with Crippen molar-refractivity contribution in [1.29, 1.82) is 0 Å². The molecule has 27 heavy (non-hydrogen) atoms. The normalized spacial score (nSPS) is 19.7. The molecule has 0 radical (unpaired) electrons. The van der Waals surface area contributed by atoms with E-state index in [2.05, 4.69) is 25.0 Å². The fourth-order valence-electron chi connectivity index (χ4n) is 4.33. The number of benzene rings is 1. The Kier molecular flexibility index (Phi) is 3.64. The van der Waals surface area contributed by atoms with E-state index in [-0.39, 0.29) is 6.03 Å². The Morgan fingerprint density at radius 2 is 2.00 bits per heavy atom. The number of halogens is 1. The Hall–Kier alpha value is -2.32. The van der Waals surface area contributed by atoms with E-state index in [9.17, 15) is 4.79 Å². The number of aromatic nitrogens is 3. The number of carbonyl (C=O) groups is 1. The van der Waals surface area contributed by atoms with Crippen LogP contribution < -0.4 is 10.2 Å². The van der Waals surface area contributed by atoms with Gasteiger partial charge in [0.2, 0.25) is 5.95 Å². The number of quaternary nitrogens is 1. The van der Waals surface area contributed by atoms with Gasteiger partial charge in [-0.15, -0.1) is 10.2 Å². The molecule has 8 nitrogen and oxygen atoms in total. The molecule has 0 saturated carbocycles. The smallest absolute Gasteiger partial charge is 0.320 e. The van der Waals surface area contributed by atoms with Crippen LogP contribution in [-0.2, 0) is 13.1 Å². The maximum atomic E-state index is 12.6. The van der Waals surface area contributed by atoms with Crippen LogP contribution in [-0.4, -0.2) is 70.9 Å². The molecule has 0 atom stereocenters. The lowest BCUT2D eigenvalue weighted by atomic mass is 9.75. The largest absolute Gasteiger partial charge is 0.345 e. The minimum absolute atomic E-state index is 0.0492. The Balaban J connectivity index is 1.56. The molecular formula is C18H23ClN7O+. The third-order valence-electron chi connectivity index (χ3n) is 5.83. The fraction of sp³-hybridized carbons (Fsp3) is 0.500. The van der Waals surface area contributed by atoms with Gasteiger partial charge in [0.05, 0.1) is 31.9 Å². The molecule has 0 aliphatic carbocycles. The van der Waals surface area contributed by atoms with Gasteiger partial charge in [0.1, 0.15) is 5.41 Å². The van der Waals surface area contributed by atoms with Gasteiger partial charge in [-0.25, -0.2) is 4.79 Å². The van der Waals surface area contributed by atoms with E-state index >= 15 is 0 Å². The molecule has 5 rings (SSSR count). The summed E-state index contributed by atoms with van der Waals surface area (Å²) in [7, 11) is 3.52. The summed E-state index contributed by atoms with van der Waals surface area (Å²) in [5.74, 6) is 1.65. The van der Waals surface area contributed by atoms with Gasteiger partial charge >= 0.3 is 6.03 Å². The van der Waals surface area contributed by atoms with Crippen molar-refractivity contribution >= 4 is 23.6 Å². The van der Waals surface area contributed by atoms with Gasteiger partial charge in [-0.3, -0.25) is 4.57 Å². The summed E-state index contributed by atoms with van der Waals surface area (Å²) in [6.45, 7) is 5.34. The third kappa shape index (κ3) is 2.58. The molecule has 0 bridgehead atoms. The molecule has 3 aliphatic rings. The molecule has 2 aromatic rings. The third-order valence-corrected chi connectivity index (χ3v) is 6.07. The second-order valence-corrected chi connectivity index (χ2v) is 8.55. The van der Waals surface area contributed by atoms with Crippen molar-refractivity contribution < 1.29 is 10.1 Å². The van der Waals surface area contributed by atoms with Crippen LogP contribution in [0.2, 0.25) is 5.02 Å². The van der Waals surface area contributed by atoms with Crippen LogP contribution in [0.3, 0.4) is 0 Å². The number of hydrogen-bond donors (Lipinski definition) is 1. The Bertz CT molecular complexity index is 912. The zero-order valence-corrected chi connectivity index (χ0v) is 16.3. The lowest BCUT2D eigenvalue weighted by Gasteiger charge is -2.52. The summed E-state index contributed by atoms with van der Waals surface area (Å²) in [6, 6.07) is 5.77. The number of urea groups is 1. The molecule has 2 N–H and O–H groups in total. The predicted molar refractivity (Wildman–Crippen MR) is 101 cm³/mol. The highest BCUT2D eigenvalue weighted by Gasteiger charge is 2.53. The minimum atomic E-state index is -0.0492. The van der Waals surface area contributed by atoms with Crippen LogP contribution >= 0.6 is 11.6 Å². The molecule has 3 aliphatic heterocycles. The van der Waals surface area contributed by atoms with Gasteiger partial charge in [-0.2, -0.15) is 0 Å². The van der Waals surface area contributed by atoms with Crippen molar-refractivity contribution in [3.8, 4) is 5.69 Å². The monoisotopic (exact) mass is 388 g/mol. The number of carbonyl (C=O) groups excluding carboxylic acids is 1. The standard InChI is InChI=1S/C18H22ClN7O/c1-23(2)17(27)24-6-12-5-13(19)3-4-14(12)26-15(7-24)21-22-16(26)25-10-18(11-25)8-20-9-18/h3-5,20H,6-11H2,1-2H3/p+1. The average molecular weight is 389 g/mol. The number of nitrogens with two attached hydrogens (primary N) is 1. The first-order valence-corrected chi connectivity index (χ1v) is 9.60. The van der Waals surface area contributed by atoms with E-state index in [1.165, 1.54) is 13.1 Å². The van der Waals surface area contributed by atoms with E-state index in [0.29, 0.717) is 23.5 Å². The quantitative estimate of drug-likeness (QED) is 0.762. The van der Waals surface area contributed by atoms with E-state index in [4.69, 9.17) is 11.6 Å². The van der Waals surface area contributed by atoms with Crippen molar-refractivity contribution in [2.75, 3.05) is 45.2 Å². The summed E-state index contributed by atoms with van der Waals surface area (Å²) >= 11 is 6.26. The Labute approximate surface area is 162 Å². The second-order valence-electron chi connectivity index (χ2n) is 8.11. The molecule has 9 heteroatoms. The van der Waals surface area contributed by atoms with Crippen LogP contribution in [0.1, 0.15) is 11.4 Å². The van der Waals surface area contributed by atoms with Gasteiger partial charge in [0.15, 0.2) is 5.82 Å². The van der Waals surface area contributed by atoms with Crippen LogP contribution in [0.4, 0.5) is 10.7 Å². The van der Waals surface area contributed by atoms with Crippen molar-refractivity contribution in [1.82, 2.24) is 24.6 Å². The van der Waals surface area contributed by atoms with Gasteiger partial charge in [0.25, 0.3) is 0 Å². The average Bonchev–Trinajstić information content (AvgIpc) is 2.87. The van der Waals surface area contributed by atoms with Gasteiger partial charge in [0, 0.05) is 32.2 Å². The highest BCUT2D eigenvalue weighted by molar-refractivity contribution is 6.30. The molecule has 4 heterocycles. The van der Waals surface area contributed by atoms with E-state index in [1.54, 1.807) is 23.9 Å². The first-order valence-electron chi connectivity index (χ1n) is 9.22. The van der Waals surface area contributed by atoms with E-state index in [1.807, 2.05) is 18.2 Å². The predicted octanol–water partition coefficient (Wildman–Crippen LogP) is 0.301. The molecule has 142 valence electrons. The van der Waals surface area contributed by atoms with Gasteiger partial charge < -0.3 is 20.0 Å². The first kappa shape index (κ1) is 16.8. The lowest BCUT2D eigenvalue weighted by Crippen LogP contribution is -3.04. The van der Waals surface area contributed by atoms with Crippen LogP contribution in [0.5, 0.6) is 0 Å². The number of nitrogens with zero attached hydrogens (tertiary/aromatic N) is 6. The lowest BCUT2D eigenvalue weighted by molar-refractivity contribution is -0.742. The summed E-state index contributed by atoms with van der Waals surface area (Å²) in [5, 5.41) is 11.9. The molecule has 1 spiro atoms. The molecule has 1 aromatic carbocycles. The highest BCUT2D eigenvalue weighted by atomic mass is 35.5. The molecule has 1 aromatic heterocycles. The maximum Gasteiger partial charge on any atom is 0.320 e. The summed E-state index contributed by atoms with van der Waals surface area (Å²) < 4.78 is 2.10. The Morgan fingerprint density at radius 1 is 1.22 bits per heavy atom. The van der Waals surface area contributed by atoms with Crippen molar-refractivity contribution in [3.63, 3.8) is 0 Å². The number of fused-ring (bicyclic) bond motifs is 3. The van der Waals surface area contributed by atoms with Crippen LogP contribution in [0, 0.1) is 5.41 Å². The Morgan fingerprint density at radius 3 is 2.67 bits per heavy atom. The maximum absolute atomic E-state index is 12.6. The number of rotatable bonds is 1. The molecule has 2 saturated heterocycles. The zero-order chi connectivity index (χ0) is 18.8. The SMILES string of the molecule is CN(C)C(=O)N1Cc2cc(Cl)ccc2-n2c(nnc2N2CC3(C[NH2+]C3)C2)C1. The molecule has 0 unspecified atom stereocenters. The zero-order valence-electron chi connectivity index (χ0n) is 15.5. The van der Waals surface area contributed by atoms with Crippen molar-refractivity contribution in [2.45, 2.75) is 13.1 Å². The number of amides is 2. The summed E-state index contributed by atoms with van der Waals surface area (Å²) in [6.07, 6.45) is 0.